The Balaban J connectivity index is 1.60. The van der Waals surface area contributed by atoms with Gasteiger partial charge in [0.25, 0.3) is 0 Å². The first-order chi connectivity index (χ1) is 16.8. The van der Waals surface area contributed by atoms with Crippen molar-refractivity contribution >= 4 is 16.9 Å². The summed E-state index contributed by atoms with van der Waals surface area (Å²) in [4.78, 5) is 8.65. The van der Waals surface area contributed by atoms with E-state index in [1.54, 1.807) is 18.6 Å². The summed E-state index contributed by atoms with van der Waals surface area (Å²) in [6.45, 7) is 3.83. The van der Waals surface area contributed by atoms with Crippen LogP contribution in [-0.2, 0) is 6.18 Å². The fraction of sp³-hybridized carbons (Fsp3) is 0.0370. The Kier molecular flexibility index (Phi) is 5.56. The minimum Gasteiger partial charge on any atom is -0.356 e. The Hall–Kier alpha value is -4.46. The molecule has 0 aliphatic heterocycles. The summed E-state index contributed by atoms with van der Waals surface area (Å²) < 4.78 is 56.6. The average molecular weight is 474 g/mol. The topological polar surface area (TPSA) is 42.2 Å². The lowest BCUT2D eigenvalue weighted by atomic mass is 9.97. The molecule has 0 radical (unpaired) electrons. The Morgan fingerprint density at radius 1 is 0.914 bits per heavy atom. The van der Waals surface area contributed by atoms with E-state index in [0.29, 0.717) is 22.6 Å². The van der Waals surface area contributed by atoms with Crippen molar-refractivity contribution < 1.29 is 17.6 Å². The summed E-state index contributed by atoms with van der Waals surface area (Å²) in [6, 6.07) is 16.6. The third-order valence-electron chi connectivity index (χ3n) is 5.59. The smallest absolute Gasteiger partial charge is 0.356 e. The van der Waals surface area contributed by atoms with Crippen molar-refractivity contribution in [1.82, 2.24) is 14.4 Å². The van der Waals surface area contributed by atoms with Crippen LogP contribution in [0.15, 0.2) is 98.1 Å². The molecular weight excluding hydrogens is 456 g/mol. The zero-order valence-corrected chi connectivity index (χ0v) is 18.2. The number of hydrogen-bond acceptors (Lipinski definition) is 3. The molecule has 0 spiro atoms. The normalized spacial score (nSPS) is 11.5. The lowest BCUT2D eigenvalue weighted by Crippen LogP contribution is -2.11. The number of nitrogens with one attached hydrogen (secondary N) is 1. The van der Waals surface area contributed by atoms with E-state index in [4.69, 9.17) is 0 Å². The molecule has 174 valence electrons. The van der Waals surface area contributed by atoms with Gasteiger partial charge >= 0.3 is 6.18 Å². The molecule has 3 heterocycles. The minimum absolute atomic E-state index is 0.0438. The van der Waals surface area contributed by atoms with Gasteiger partial charge in [-0.15, -0.1) is 0 Å². The number of anilines is 1. The maximum absolute atomic E-state index is 13.8. The second kappa shape index (κ2) is 8.72. The van der Waals surface area contributed by atoms with Crippen LogP contribution in [-0.4, -0.2) is 14.4 Å². The largest absolute Gasteiger partial charge is 0.417 e. The Morgan fingerprint density at radius 2 is 1.71 bits per heavy atom. The van der Waals surface area contributed by atoms with Gasteiger partial charge in [-0.1, -0.05) is 18.7 Å². The molecule has 3 aromatic heterocycles. The van der Waals surface area contributed by atoms with Crippen molar-refractivity contribution in [2.75, 3.05) is 5.32 Å². The highest BCUT2D eigenvalue weighted by atomic mass is 19.4. The molecule has 0 saturated heterocycles. The molecule has 0 bridgehead atoms. The van der Waals surface area contributed by atoms with E-state index in [1.807, 2.05) is 34.9 Å². The van der Waals surface area contributed by atoms with Gasteiger partial charge in [0, 0.05) is 46.7 Å². The van der Waals surface area contributed by atoms with Crippen molar-refractivity contribution in [2.45, 2.75) is 6.18 Å². The summed E-state index contributed by atoms with van der Waals surface area (Å²) in [5.41, 5.74) is 2.36. The molecule has 5 rings (SSSR count). The molecule has 0 amide bonds. The number of hydrogen-bond donors (Lipinski definition) is 1. The Labute approximate surface area is 198 Å². The van der Waals surface area contributed by atoms with Crippen LogP contribution < -0.4 is 5.32 Å². The molecule has 1 N–H and O–H groups in total. The fourth-order valence-corrected chi connectivity index (χ4v) is 3.96. The fourth-order valence-electron chi connectivity index (χ4n) is 3.96. The van der Waals surface area contributed by atoms with Gasteiger partial charge < -0.3 is 5.32 Å². The molecule has 4 nitrogen and oxygen atoms in total. The van der Waals surface area contributed by atoms with Crippen molar-refractivity contribution in [3.05, 3.63) is 115 Å². The molecule has 0 atom stereocenters. The first-order valence-electron chi connectivity index (χ1n) is 10.6. The number of nitrogens with zero attached hydrogens (tertiary/aromatic N) is 3. The number of benzene rings is 2. The van der Waals surface area contributed by atoms with Crippen molar-refractivity contribution in [2.24, 2.45) is 0 Å². The third kappa shape index (κ3) is 4.38. The van der Waals surface area contributed by atoms with Gasteiger partial charge in [0.15, 0.2) is 0 Å². The van der Waals surface area contributed by atoms with Crippen LogP contribution in [0.4, 0.5) is 23.2 Å². The van der Waals surface area contributed by atoms with Gasteiger partial charge in [-0.25, -0.2) is 9.37 Å². The number of aromatic nitrogens is 3. The SMILES string of the molecule is C=C(Nc1ccc(F)cc1)c1cc(-c2cccn3c(-c4cccnc4)ncc23)ccc1C(F)(F)F. The highest BCUT2D eigenvalue weighted by Gasteiger charge is 2.34. The van der Waals surface area contributed by atoms with Crippen LogP contribution in [0, 0.1) is 5.82 Å². The van der Waals surface area contributed by atoms with Crippen LogP contribution >= 0.6 is 0 Å². The number of pyridine rings is 2. The van der Waals surface area contributed by atoms with E-state index in [2.05, 4.69) is 21.9 Å². The van der Waals surface area contributed by atoms with E-state index in [0.717, 1.165) is 17.1 Å². The number of rotatable bonds is 5. The van der Waals surface area contributed by atoms with Gasteiger partial charge in [-0.05, 0) is 60.2 Å². The molecule has 0 aliphatic carbocycles. The van der Waals surface area contributed by atoms with Crippen molar-refractivity contribution in [3.63, 3.8) is 0 Å². The quantitative estimate of drug-likeness (QED) is 0.272. The van der Waals surface area contributed by atoms with E-state index < -0.39 is 17.6 Å². The van der Waals surface area contributed by atoms with E-state index >= 15 is 0 Å². The van der Waals surface area contributed by atoms with Gasteiger partial charge in [-0.2, -0.15) is 13.2 Å². The molecule has 0 unspecified atom stereocenters. The van der Waals surface area contributed by atoms with E-state index in [9.17, 15) is 17.6 Å². The number of imidazole rings is 1. The average Bonchev–Trinajstić information content (AvgIpc) is 3.29. The standard InChI is InChI=1S/C27H18F4N4/c1-17(34-21-9-7-20(28)8-10-21)23-14-18(6-11-24(23)27(29,30)31)22-5-3-13-35-25(22)16-33-26(35)19-4-2-12-32-15-19/h2-16,34H,1H2. The lowest BCUT2D eigenvalue weighted by molar-refractivity contribution is -0.137. The van der Waals surface area contributed by atoms with Crippen molar-refractivity contribution in [3.8, 4) is 22.5 Å². The maximum atomic E-state index is 13.8. The summed E-state index contributed by atoms with van der Waals surface area (Å²) in [5.74, 6) is 0.225. The van der Waals surface area contributed by atoms with Crippen LogP contribution in [0.25, 0.3) is 33.7 Å². The molecule has 5 aromatic rings. The van der Waals surface area contributed by atoms with E-state index in [1.165, 1.54) is 36.4 Å². The van der Waals surface area contributed by atoms with Crippen molar-refractivity contribution in [1.29, 1.82) is 0 Å². The molecular formula is C27H18F4N4. The minimum atomic E-state index is -4.59. The summed E-state index contributed by atoms with van der Waals surface area (Å²) in [5, 5.41) is 2.85. The first-order valence-corrected chi connectivity index (χ1v) is 10.6. The number of halogens is 4. The first kappa shape index (κ1) is 22.3. The molecule has 8 heteroatoms. The van der Waals surface area contributed by atoms with Crippen LogP contribution in [0.1, 0.15) is 11.1 Å². The van der Waals surface area contributed by atoms with Crippen LogP contribution in [0.5, 0.6) is 0 Å². The molecule has 0 aliphatic rings. The molecule has 0 saturated carbocycles. The second-order valence-corrected chi connectivity index (χ2v) is 7.87. The highest BCUT2D eigenvalue weighted by Crippen LogP contribution is 2.38. The van der Waals surface area contributed by atoms with E-state index in [-0.39, 0.29) is 11.3 Å². The van der Waals surface area contributed by atoms with Gasteiger partial charge in [0.05, 0.1) is 17.3 Å². The highest BCUT2D eigenvalue weighted by molar-refractivity contribution is 5.86. The predicted octanol–water partition coefficient (Wildman–Crippen LogP) is 7.30. The predicted molar refractivity (Wildman–Crippen MR) is 128 cm³/mol. The number of fused-ring (bicyclic) bond motifs is 1. The number of alkyl halides is 3. The van der Waals surface area contributed by atoms with Crippen LogP contribution in [0.2, 0.25) is 0 Å². The maximum Gasteiger partial charge on any atom is 0.417 e. The molecule has 35 heavy (non-hydrogen) atoms. The van der Waals surface area contributed by atoms with Gasteiger partial charge in [0.2, 0.25) is 0 Å². The summed E-state index contributed by atoms with van der Waals surface area (Å²) in [6.07, 6.45) is 2.30. The third-order valence-corrected chi connectivity index (χ3v) is 5.59. The van der Waals surface area contributed by atoms with Gasteiger partial charge in [-0.3, -0.25) is 9.38 Å². The second-order valence-electron chi connectivity index (χ2n) is 7.87. The summed E-state index contributed by atoms with van der Waals surface area (Å²) in [7, 11) is 0. The zero-order chi connectivity index (χ0) is 24.6. The molecule has 0 fully saturated rings. The summed E-state index contributed by atoms with van der Waals surface area (Å²) >= 11 is 0. The molecule has 2 aromatic carbocycles. The lowest BCUT2D eigenvalue weighted by Gasteiger charge is -2.18. The van der Waals surface area contributed by atoms with Gasteiger partial charge in [0.1, 0.15) is 11.6 Å². The Bertz CT molecular complexity index is 1520. The van der Waals surface area contributed by atoms with Crippen LogP contribution in [0.3, 0.4) is 0 Å². The Morgan fingerprint density at radius 3 is 2.43 bits per heavy atom. The monoisotopic (exact) mass is 474 g/mol. The zero-order valence-electron chi connectivity index (χ0n) is 18.2.